The summed E-state index contributed by atoms with van der Waals surface area (Å²) in [7, 11) is 1.82. The SMILES string of the molecule is CC(C)C(C)N(C)C(=O)c1sc2ccc(Cl)cc2c1N. The highest BCUT2D eigenvalue weighted by molar-refractivity contribution is 7.21. The quantitative estimate of drug-likeness (QED) is 0.921. The van der Waals surface area contributed by atoms with Gasteiger partial charge in [-0.15, -0.1) is 11.3 Å². The number of carbonyl (C=O) groups is 1. The van der Waals surface area contributed by atoms with Gasteiger partial charge in [-0.1, -0.05) is 25.4 Å². The molecular weight excluding hydrogens is 292 g/mol. The summed E-state index contributed by atoms with van der Waals surface area (Å²) >= 11 is 7.41. The molecule has 1 atom stereocenters. The first kappa shape index (κ1) is 15.1. The number of amides is 1. The van der Waals surface area contributed by atoms with Crippen LogP contribution in [-0.4, -0.2) is 23.9 Å². The van der Waals surface area contributed by atoms with Gasteiger partial charge >= 0.3 is 0 Å². The lowest BCUT2D eigenvalue weighted by atomic mass is 10.1. The van der Waals surface area contributed by atoms with Crippen molar-refractivity contribution < 1.29 is 4.79 Å². The Morgan fingerprint density at radius 3 is 2.60 bits per heavy atom. The van der Waals surface area contributed by atoms with E-state index in [1.807, 2.05) is 32.2 Å². The van der Waals surface area contributed by atoms with E-state index in [1.54, 1.807) is 4.90 Å². The van der Waals surface area contributed by atoms with Crippen LogP contribution in [0.25, 0.3) is 10.1 Å². The summed E-state index contributed by atoms with van der Waals surface area (Å²) in [6, 6.07) is 5.69. The van der Waals surface area contributed by atoms with Crippen molar-refractivity contribution >= 4 is 44.6 Å². The van der Waals surface area contributed by atoms with Gasteiger partial charge in [0.2, 0.25) is 0 Å². The number of carbonyl (C=O) groups excluding carboxylic acids is 1. The predicted octanol–water partition coefficient (Wildman–Crippen LogP) is 4.25. The average molecular weight is 311 g/mol. The average Bonchev–Trinajstić information content (AvgIpc) is 2.73. The summed E-state index contributed by atoms with van der Waals surface area (Å²) in [5, 5.41) is 1.49. The Balaban J connectivity index is 2.43. The lowest BCUT2D eigenvalue weighted by Gasteiger charge is -2.27. The number of hydrogen-bond donors (Lipinski definition) is 1. The molecule has 0 saturated heterocycles. The highest BCUT2D eigenvalue weighted by Crippen LogP contribution is 2.36. The maximum Gasteiger partial charge on any atom is 0.266 e. The van der Waals surface area contributed by atoms with E-state index in [0.29, 0.717) is 21.5 Å². The number of halogens is 1. The molecule has 20 heavy (non-hydrogen) atoms. The third-order valence-corrected chi connectivity index (χ3v) is 5.19. The van der Waals surface area contributed by atoms with Crippen molar-refractivity contribution in [2.45, 2.75) is 26.8 Å². The molecule has 0 radical (unpaired) electrons. The first-order valence-electron chi connectivity index (χ1n) is 6.57. The monoisotopic (exact) mass is 310 g/mol. The van der Waals surface area contributed by atoms with E-state index in [2.05, 4.69) is 13.8 Å². The highest BCUT2D eigenvalue weighted by atomic mass is 35.5. The van der Waals surface area contributed by atoms with Crippen LogP contribution in [-0.2, 0) is 0 Å². The minimum atomic E-state index is -0.0268. The van der Waals surface area contributed by atoms with Crippen molar-refractivity contribution in [1.82, 2.24) is 4.90 Å². The molecule has 0 spiro atoms. The largest absolute Gasteiger partial charge is 0.397 e. The summed E-state index contributed by atoms with van der Waals surface area (Å²) in [5.41, 5.74) is 6.66. The molecule has 0 aliphatic heterocycles. The molecule has 3 nitrogen and oxygen atoms in total. The van der Waals surface area contributed by atoms with Crippen LogP contribution in [0.4, 0.5) is 5.69 Å². The third kappa shape index (κ3) is 2.63. The Bertz CT molecular complexity index is 651. The van der Waals surface area contributed by atoms with Crippen LogP contribution in [0.3, 0.4) is 0 Å². The smallest absolute Gasteiger partial charge is 0.266 e. The van der Waals surface area contributed by atoms with E-state index in [0.717, 1.165) is 10.1 Å². The van der Waals surface area contributed by atoms with E-state index in [4.69, 9.17) is 17.3 Å². The number of anilines is 1. The van der Waals surface area contributed by atoms with E-state index < -0.39 is 0 Å². The Morgan fingerprint density at radius 1 is 1.35 bits per heavy atom. The van der Waals surface area contributed by atoms with E-state index in [9.17, 15) is 4.79 Å². The summed E-state index contributed by atoms with van der Waals surface area (Å²) in [6.45, 7) is 6.24. The molecule has 1 amide bonds. The minimum absolute atomic E-state index is 0.0268. The van der Waals surface area contributed by atoms with E-state index in [-0.39, 0.29) is 11.9 Å². The van der Waals surface area contributed by atoms with Crippen LogP contribution in [0, 0.1) is 5.92 Å². The van der Waals surface area contributed by atoms with E-state index >= 15 is 0 Å². The number of thiophene rings is 1. The van der Waals surface area contributed by atoms with Gasteiger partial charge in [0.1, 0.15) is 4.88 Å². The van der Waals surface area contributed by atoms with Gasteiger partial charge < -0.3 is 10.6 Å². The number of benzene rings is 1. The molecule has 0 fully saturated rings. The molecule has 0 aliphatic rings. The Hall–Kier alpha value is -1.26. The van der Waals surface area contributed by atoms with Crippen molar-refractivity contribution in [3.8, 4) is 0 Å². The Kier molecular flexibility index (Phi) is 4.25. The summed E-state index contributed by atoms with van der Waals surface area (Å²) < 4.78 is 0.987. The second kappa shape index (κ2) is 5.62. The van der Waals surface area contributed by atoms with Crippen LogP contribution >= 0.6 is 22.9 Å². The van der Waals surface area contributed by atoms with Gasteiger partial charge in [-0.2, -0.15) is 0 Å². The maximum atomic E-state index is 12.6. The number of nitrogens with zero attached hydrogens (tertiary/aromatic N) is 1. The molecule has 0 bridgehead atoms. The number of rotatable bonds is 3. The number of fused-ring (bicyclic) bond motifs is 1. The van der Waals surface area contributed by atoms with Crippen molar-refractivity contribution in [2.24, 2.45) is 5.92 Å². The molecule has 0 aliphatic carbocycles. The normalized spacial score (nSPS) is 12.9. The summed E-state index contributed by atoms with van der Waals surface area (Å²) in [5.74, 6) is 0.370. The molecule has 1 aromatic carbocycles. The second-order valence-electron chi connectivity index (χ2n) is 5.39. The molecule has 108 valence electrons. The predicted molar refractivity (Wildman–Crippen MR) is 87.6 cm³/mol. The molecular formula is C15H19ClN2OS. The van der Waals surface area contributed by atoms with Crippen LogP contribution in [0.1, 0.15) is 30.4 Å². The molecule has 1 heterocycles. The van der Waals surface area contributed by atoms with Gasteiger partial charge in [0.05, 0.1) is 5.69 Å². The van der Waals surface area contributed by atoms with Crippen molar-refractivity contribution in [1.29, 1.82) is 0 Å². The zero-order chi connectivity index (χ0) is 15.0. The molecule has 1 aromatic heterocycles. The third-order valence-electron chi connectivity index (χ3n) is 3.78. The fraction of sp³-hybridized carbons (Fsp3) is 0.400. The molecule has 2 N–H and O–H groups in total. The molecule has 1 unspecified atom stereocenters. The first-order chi connectivity index (χ1) is 9.32. The minimum Gasteiger partial charge on any atom is -0.397 e. The van der Waals surface area contributed by atoms with Gasteiger partial charge in [-0.05, 0) is 31.0 Å². The standard InChI is InChI=1S/C15H19ClN2OS/c1-8(2)9(3)18(4)15(19)14-13(17)11-7-10(16)5-6-12(11)20-14/h5-9H,17H2,1-4H3. The van der Waals surface area contributed by atoms with Gasteiger partial charge in [-0.3, -0.25) is 4.79 Å². The van der Waals surface area contributed by atoms with Crippen molar-refractivity contribution in [2.75, 3.05) is 12.8 Å². The topological polar surface area (TPSA) is 46.3 Å². The number of nitrogen functional groups attached to an aromatic ring is 1. The van der Waals surface area contributed by atoms with Gasteiger partial charge in [0, 0.05) is 28.2 Å². The van der Waals surface area contributed by atoms with Crippen LogP contribution in [0.2, 0.25) is 5.02 Å². The highest BCUT2D eigenvalue weighted by Gasteiger charge is 2.24. The van der Waals surface area contributed by atoms with Gasteiger partial charge in [0.25, 0.3) is 5.91 Å². The molecule has 2 aromatic rings. The second-order valence-corrected chi connectivity index (χ2v) is 6.87. The molecule has 2 rings (SSSR count). The van der Waals surface area contributed by atoms with Crippen molar-refractivity contribution in [3.05, 3.63) is 28.1 Å². The fourth-order valence-corrected chi connectivity index (χ4v) is 3.30. The Labute approximate surface area is 128 Å². The van der Waals surface area contributed by atoms with Gasteiger partial charge in [-0.25, -0.2) is 0 Å². The summed E-state index contributed by atoms with van der Waals surface area (Å²) in [6.07, 6.45) is 0. The lowest BCUT2D eigenvalue weighted by Crippen LogP contribution is -2.38. The Morgan fingerprint density at radius 2 is 2.00 bits per heavy atom. The fourth-order valence-electron chi connectivity index (χ4n) is 2.04. The van der Waals surface area contributed by atoms with Crippen LogP contribution in [0.15, 0.2) is 18.2 Å². The van der Waals surface area contributed by atoms with Crippen LogP contribution in [0.5, 0.6) is 0 Å². The van der Waals surface area contributed by atoms with Crippen LogP contribution < -0.4 is 5.73 Å². The zero-order valence-electron chi connectivity index (χ0n) is 12.1. The molecule has 5 heteroatoms. The molecule has 0 saturated carbocycles. The number of nitrogens with two attached hydrogens (primary N) is 1. The lowest BCUT2D eigenvalue weighted by molar-refractivity contribution is 0.0713. The summed E-state index contributed by atoms with van der Waals surface area (Å²) in [4.78, 5) is 14.9. The van der Waals surface area contributed by atoms with Gasteiger partial charge in [0.15, 0.2) is 0 Å². The number of hydrogen-bond acceptors (Lipinski definition) is 3. The maximum absolute atomic E-state index is 12.6. The van der Waals surface area contributed by atoms with Crippen molar-refractivity contribution in [3.63, 3.8) is 0 Å². The van der Waals surface area contributed by atoms with E-state index in [1.165, 1.54) is 11.3 Å². The first-order valence-corrected chi connectivity index (χ1v) is 7.77. The zero-order valence-corrected chi connectivity index (χ0v) is 13.7.